The smallest absolute Gasteiger partial charge is 0.360 e. The predicted octanol–water partition coefficient (Wildman–Crippen LogP) is 1.02. The molecule has 1 aliphatic carbocycles. The van der Waals surface area contributed by atoms with Crippen molar-refractivity contribution in [1.82, 2.24) is 10.3 Å². The zero-order valence-corrected chi connectivity index (χ0v) is 10.9. The molecule has 6 heteroatoms. The number of hydrogen-bond acceptors (Lipinski definition) is 5. The number of rotatable bonds is 5. The number of hydrogen-bond donors (Lipinski definition) is 1. The topological polar surface area (TPSA) is 77.5 Å². The van der Waals surface area contributed by atoms with Crippen LogP contribution < -0.4 is 10.1 Å². The highest BCUT2D eigenvalue weighted by Crippen LogP contribution is 2.27. The first-order valence-electron chi connectivity index (χ1n) is 6.07. The van der Waals surface area contributed by atoms with Crippen LogP contribution in [0, 0.1) is 5.92 Å². The molecule has 0 unspecified atom stereocenters. The van der Waals surface area contributed by atoms with Gasteiger partial charge in [0.2, 0.25) is 0 Å². The zero-order valence-electron chi connectivity index (χ0n) is 10.9. The van der Waals surface area contributed by atoms with E-state index < -0.39 is 5.97 Å². The molecule has 1 aliphatic rings. The summed E-state index contributed by atoms with van der Waals surface area (Å²) in [5, 5.41) is 2.79. The molecule has 1 aromatic rings. The lowest BCUT2D eigenvalue weighted by molar-refractivity contribution is 0.0590. The Labute approximate surface area is 111 Å². The number of esters is 1. The van der Waals surface area contributed by atoms with Crippen LogP contribution in [0.5, 0.6) is 5.75 Å². The molecule has 0 aromatic carbocycles. The fraction of sp³-hybridized carbons (Fsp3) is 0.462. The maximum absolute atomic E-state index is 11.9. The maximum atomic E-state index is 11.9. The highest BCUT2D eigenvalue weighted by atomic mass is 16.5. The Bertz CT molecular complexity index is 497. The molecule has 0 atom stereocenters. The van der Waals surface area contributed by atoms with Crippen molar-refractivity contribution in [2.24, 2.45) is 5.92 Å². The molecule has 102 valence electrons. The largest absolute Gasteiger partial charge is 0.494 e. The van der Waals surface area contributed by atoms with Gasteiger partial charge < -0.3 is 14.8 Å². The van der Waals surface area contributed by atoms with Crippen molar-refractivity contribution in [3.05, 3.63) is 23.5 Å². The van der Waals surface area contributed by atoms with E-state index in [9.17, 15) is 9.59 Å². The molecular formula is C13H16N2O4. The first-order chi connectivity index (χ1) is 9.15. The van der Waals surface area contributed by atoms with E-state index in [4.69, 9.17) is 4.74 Å². The Kier molecular flexibility index (Phi) is 3.99. The second-order valence-corrected chi connectivity index (χ2v) is 4.39. The lowest BCUT2D eigenvalue weighted by Crippen LogP contribution is -2.27. The molecule has 0 aliphatic heterocycles. The molecule has 1 fully saturated rings. The number of pyridine rings is 1. The van der Waals surface area contributed by atoms with Gasteiger partial charge in [0.15, 0.2) is 11.4 Å². The van der Waals surface area contributed by atoms with E-state index in [1.807, 2.05) is 0 Å². The molecule has 6 nitrogen and oxygen atoms in total. The summed E-state index contributed by atoms with van der Waals surface area (Å²) in [6, 6.07) is 3.05. The maximum Gasteiger partial charge on any atom is 0.360 e. The minimum atomic E-state index is -0.631. The zero-order chi connectivity index (χ0) is 13.8. The van der Waals surface area contributed by atoms with E-state index in [-0.39, 0.29) is 23.0 Å². The number of carbonyl (C=O) groups is 2. The van der Waals surface area contributed by atoms with Gasteiger partial charge in [-0.3, -0.25) is 4.79 Å². The van der Waals surface area contributed by atoms with Crippen LogP contribution in [0.4, 0.5) is 0 Å². The average Bonchev–Trinajstić information content (AvgIpc) is 3.27. The van der Waals surface area contributed by atoms with E-state index >= 15 is 0 Å². The summed E-state index contributed by atoms with van der Waals surface area (Å²) in [5.41, 5.74) is 0.186. The summed E-state index contributed by atoms with van der Waals surface area (Å²) in [6.45, 7) is 0.653. The molecule has 0 saturated heterocycles. The number of carbonyl (C=O) groups excluding carboxylic acids is 2. The molecular weight excluding hydrogens is 248 g/mol. The first-order valence-corrected chi connectivity index (χ1v) is 6.07. The van der Waals surface area contributed by atoms with E-state index in [1.165, 1.54) is 26.4 Å². The summed E-state index contributed by atoms with van der Waals surface area (Å²) >= 11 is 0. The quantitative estimate of drug-likeness (QED) is 0.803. The van der Waals surface area contributed by atoms with Crippen LogP contribution in [0.25, 0.3) is 0 Å². The van der Waals surface area contributed by atoms with Crippen LogP contribution in [-0.2, 0) is 4.74 Å². The minimum Gasteiger partial charge on any atom is -0.494 e. The molecule has 19 heavy (non-hydrogen) atoms. The first kappa shape index (κ1) is 13.3. The third kappa shape index (κ3) is 3.21. The highest BCUT2D eigenvalue weighted by Gasteiger charge is 2.23. The summed E-state index contributed by atoms with van der Waals surface area (Å²) in [6.07, 6.45) is 2.31. The van der Waals surface area contributed by atoms with Crippen molar-refractivity contribution in [1.29, 1.82) is 0 Å². The fourth-order valence-electron chi connectivity index (χ4n) is 1.63. The Morgan fingerprint density at radius 3 is 2.68 bits per heavy atom. The van der Waals surface area contributed by atoms with Gasteiger partial charge in [-0.25, -0.2) is 9.78 Å². The Morgan fingerprint density at radius 2 is 2.11 bits per heavy atom. The summed E-state index contributed by atoms with van der Waals surface area (Å²) in [7, 11) is 2.68. The molecule has 0 spiro atoms. The van der Waals surface area contributed by atoms with Crippen molar-refractivity contribution >= 4 is 11.9 Å². The third-order valence-corrected chi connectivity index (χ3v) is 2.94. The lowest BCUT2D eigenvalue weighted by atomic mass is 10.2. The van der Waals surface area contributed by atoms with Crippen molar-refractivity contribution in [3.8, 4) is 5.75 Å². The van der Waals surface area contributed by atoms with E-state index in [0.717, 1.165) is 12.8 Å². The molecule has 2 rings (SSSR count). The average molecular weight is 264 g/mol. The fourth-order valence-corrected chi connectivity index (χ4v) is 1.63. The molecule has 0 bridgehead atoms. The van der Waals surface area contributed by atoms with Crippen LogP contribution >= 0.6 is 0 Å². The standard InChI is InChI=1S/C13H16N2O4/c1-18-10-6-5-9(15-11(10)13(17)19-2)12(16)14-7-8-3-4-8/h5-6,8H,3-4,7H2,1-2H3,(H,14,16). The van der Waals surface area contributed by atoms with Crippen LogP contribution in [0.1, 0.15) is 33.8 Å². The van der Waals surface area contributed by atoms with Crippen LogP contribution in [0.15, 0.2) is 12.1 Å². The van der Waals surface area contributed by atoms with Gasteiger partial charge in [-0.1, -0.05) is 0 Å². The van der Waals surface area contributed by atoms with Crippen molar-refractivity contribution in [2.75, 3.05) is 20.8 Å². The molecule has 0 radical (unpaired) electrons. The molecule has 1 N–H and O–H groups in total. The van der Waals surface area contributed by atoms with Crippen LogP contribution in [0.2, 0.25) is 0 Å². The van der Waals surface area contributed by atoms with Gasteiger partial charge >= 0.3 is 5.97 Å². The van der Waals surface area contributed by atoms with E-state index in [1.54, 1.807) is 0 Å². The number of methoxy groups -OCH3 is 2. The van der Waals surface area contributed by atoms with Crippen LogP contribution in [0.3, 0.4) is 0 Å². The number of amides is 1. The second-order valence-electron chi connectivity index (χ2n) is 4.39. The summed E-state index contributed by atoms with van der Waals surface area (Å²) < 4.78 is 9.62. The minimum absolute atomic E-state index is 0.00377. The summed E-state index contributed by atoms with van der Waals surface area (Å²) in [4.78, 5) is 27.4. The van der Waals surface area contributed by atoms with Crippen molar-refractivity contribution in [3.63, 3.8) is 0 Å². The monoisotopic (exact) mass is 264 g/mol. The molecule has 1 aromatic heterocycles. The van der Waals surface area contributed by atoms with E-state index in [2.05, 4.69) is 15.0 Å². The van der Waals surface area contributed by atoms with Crippen molar-refractivity contribution in [2.45, 2.75) is 12.8 Å². The second kappa shape index (κ2) is 5.69. The number of aromatic nitrogens is 1. The summed E-state index contributed by atoms with van der Waals surface area (Å²) in [5.74, 6) is -0.0544. The van der Waals surface area contributed by atoms with Gasteiger partial charge in [-0.05, 0) is 30.9 Å². The third-order valence-electron chi connectivity index (χ3n) is 2.94. The number of ether oxygens (including phenoxy) is 2. The molecule has 1 amide bonds. The molecule has 1 saturated carbocycles. The Morgan fingerprint density at radius 1 is 1.37 bits per heavy atom. The van der Waals surface area contributed by atoms with Gasteiger partial charge in [0.25, 0.3) is 5.91 Å². The van der Waals surface area contributed by atoms with Crippen LogP contribution in [-0.4, -0.2) is 37.6 Å². The van der Waals surface area contributed by atoms with Gasteiger partial charge in [0.1, 0.15) is 5.69 Å². The van der Waals surface area contributed by atoms with Gasteiger partial charge in [0, 0.05) is 6.54 Å². The van der Waals surface area contributed by atoms with Gasteiger partial charge in [-0.2, -0.15) is 0 Å². The normalized spacial score (nSPS) is 13.8. The van der Waals surface area contributed by atoms with E-state index in [0.29, 0.717) is 12.5 Å². The Hall–Kier alpha value is -2.11. The van der Waals surface area contributed by atoms with Gasteiger partial charge in [0.05, 0.1) is 14.2 Å². The molecule has 1 heterocycles. The highest BCUT2D eigenvalue weighted by molar-refractivity contribution is 5.95. The van der Waals surface area contributed by atoms with Gasteiger partial charge in [-0.15, -0.1) is 0 Å². The SMILES string of the molecule is COC(=O)c1nc(C(=O)NCC2CC2)ccc1OC. The van der Waals surface area contributed by atoms with Crippen molar-refractivity contribution < 1.29 is 19.1 Å². The number of nitrogens with zero attached hydrogens (tertiary/aromatic N) is 1. The lowest BCUT2D eigenvalue weighted by Gasteiger charge is -2.08. The number of nitrogens with one attached hydrogen (secondary N) is 1. The Balaban J connectivity index is 2.15. The predicted molar refractivity (Wildman–Crippen MR) is 67.2 cm³/mol.